The largest absolute Gasteiger partial charge is 0.480 e. The van der Waals surface area contributed by atoms with Gasteiger partial charge in [0, 0.05) is 13.1 Å². The fourth-order valence-corrected chi connectivity index (χ4v) is 1.81. The highest BCUT2D eigenvalue weighted by molar-refractivity contribution is 14.1. The lowest BCUT2D eigenvalue weighted by Gasteiger charge is -2.16. The lowest BCUT2D eigenvalue weighted by molar-refractivity contribution is -0.142. The highest BCUT2D eigenvalue weighted by Crippen LogP contribution is 1.99. The summed E-state index contributed by atoms with van der Waals surface area (Å²) in [5, 5.41) is 11.3. The molecule has 1 heterocycles. The Labute approximate surface area is 116 Å². The van der Waals surface area contributed by atoms with Crippen LogP contribution in [0.4, 0.5) is 0 Å². The molecule has 0 radical (unpaired) electrons. The predicted octanol–water partition coefficient (Wildman–Crippen LogP) is -0.254. The summed E-state index contributed by atoms with van der Waals surface area (Å²) in [5.41, 5.74) is -0.320. The third-order valence-corrected chi connectivity index (χ3v) is 2.99. The van der Waals surface area contributed by atoms with E-state index in [9.17, 15) is 14.4 Å². The average Bonchev–Trinajstić information content (AvgIpc) is 2.27. The van der Waals surface area contributed by atoms with Crippen LogP contribution in [0.5, 0.6) is 0 Å². The van der Waals surface area contributed by atoms with Crippen molar-refractivity contribution < 1.29 is 14.7 Å². The topological polar surface area (TPSA) is 101 Å². The summed E-state index contributed by atoms with van der Waals surface area (Å²) in [4.78, 5) is 37.7. The van der Waals surface area contributed by atoms with Crippen LogP contribution in [-0.2, 0) is 16.1 Å². The minimum atomic E-state index is -1.20. The van der Waals surface area contributed by atoms with Gasteiger partial charge in [0.1, 0.15) is 11.9 Å². The Kier molecular flexibility index (Phi) is 4.82. The van der Waals surface area contributed by atoms with Crippen LogP contribution in [-0.4, -0.2) is 32.6 Å². The standard InChI is InChI=1S/C10H12IN3O4/c1-5-12-3-7(11)9(16)14(5)4-8(10(17)18)13-6(2)15/h3,8H,4H2,1-2H3,(H,13,15)(H,17,18). The van der Waals surface area contributed by atoms with Gasteiger partial charge in [-0.2, -0.15) is 0 Å². The lowest BCUT2D eigenvalue weighted by atomic mass is 10.3. The number of aromatic nitrogens is 2. The van der Waals surface area contributed by atoms with E-state index in [0.717, 1.165) is 0 Å². The molecule has 0 aliphatic carbocycles. The second-order valence-corrected chi connectivity index (χ2v) is 4.82. The fourth-order valence-electron chi connectivity index (χ4n) is 1.38. The maximum absolute atomic E-state index is 11.8. The smallest absolute Gasteiger partial charge is 0.328 e. The Morgan fingerprint density at radius 1 is 1.61 bits per heavy atom. The molecule has 1 aromatic heterocycles. The van der Waals surface area contributed by atoms with E-state index in [1.807, 2.05) is 22.6 Å². The van der Waals surface area contributed by atoms with Crippen molar-refractivity contribution in [3.63, 3.8) is 0 Å². The first kappa shape index (κ1) is 14.6. The van der Waals surface area contributed by atoms with Gasteiger partial charge in [0.2, 0.25) is 5.91 Å². The number of rotatable bonds is 4. The Bertz CT molecular complexity index is 540. The van der Waals surface area contributed by atoms with Gasteiger partial charge in [0.05, 0.1) is 10.1 Å². The van der Waals surface area contributed by atoms with Gasteiger partial charge >= 0.3 is 5.97 Å². The number of carboxylic acids is 1. The number of aliphatic carboxylic acids is 1. The summed E-state index contributed by atoms with van der Waals surface area (Å²) in [7, 11) is 0. The molecule has 0 aromatic carbocycles. The molecule has 0 aliphatic rings. The number of halogens is 1. The van der Waals surface area contributed by atoms with Crippen molar-refractivity contribution in [3.05, 3.63) is 25.9 Å². The van der Waals surface area contributed by atoms with Crippen molar-refractivity contribution in [1.29, 1.82) is 0 Å². The van der Waals surface area contributed by atoms with E-state index < -0.39 is 17.9 Å². The van der Waals surface area contributed by atoms with Gasteiger partial charge < -0.3 is 10.4 Å². The zero-order chi connectivity index (χ0) is 13.9. The van der Waals surface area contributed by atoms with Gasteiger partial charge in [-0.25, -0.2) is 9.78 Å². The number of nitrogens with one attached hydrogen (secondary N) is 1. The van der Waals surface area contributed by atoms with Crippen LogP contribution in [0.3, 0.4) is 0 Å². The first-order valence-corrected chi connectivity index (χ1v) is 6.12. The monoisotopic (exact) mass is 365 g/mol. The number of carboxylic acid groups (broad SMARTS) is 1. The maximum atomic E-state index is 11.8. The molecule has 0 spiro atoms. The Balaban J connectivity index is 3.08. The van der Waals surface area contributed by atoms with Crippen LogP contribution in [0.25, 0.3) is 0 Å². The van der Waals surface area contributed by atoms with Crippen molar-refractivity contribution in [3.8, 4) is 0 Å². The first-order chi connectivity index (χ1) is 8.32. The molecule has 1 rings (SSSR count). The normalized spacial score (nSPS) is 11.9. The first-order valence-electron chi connectivity index (χ1n) is 5.04. The number of hydrogen-bond donors (Lipinski definition) is 2. The molecule has 1 aromatic rings. The van der Waals surface area contributed by atoms with Crippen LogP contribution in [0, 0.1) is 10.5 Å². The third-order valence-electron chi connectivity index (χ3n) is 2.25. The summed E-state index contributed by atoms with van der Waals surface area (Å²) < 4.78 is 1.63. The third kappa shape index (κ3) is 3.52. The van der Waals surface area contributed by atoms with Crippen LogP contribution < -0.4 is 10.9 Å². The van der Waals surface area contributed by atoms with Crippen LogP contribution in [0.1, 0.15) is 12.7 Å². The van der Waals surface area contributed by atoms with E-state index in [1.54, 1.807) is 6.92 Å². The quantitative estimate of drug-likeness (QED) is 0.717. The minimum Gasteiger partial charge on any atom is -0.480 e. The Morgan fingerprint density at radius 3 is 2.72 bits per heavy atom. The molecule has 1 amide bonds. The van der Waals surface area contributed by atoms with Crippen molar-refractivity contribution in [1.82, 2.24) is 14.9 Å². The van der Waals surface area contributed by atoms with E-state index in [0.29, 0.717) is 9.39 Å². The zero-order valence-corrected chi connectivity index (χ0v) is 12.0. The van der Waals surface area contributed by atoms with Gasteiger partial charge in [0.25, 0.3) is 5.56 Å². The molecular weight excluding hydrogens is 353 g/mol. The molecular formula is C10H12IN3O4. The van der Waals surface area contributed by atoms with E-state index in [4.69, 9.17) is 5.11 Å². The van der Waals surface area contributed by atoms with Crippen molar-refractivity contribution in [2.24, 2.45) is 0 Å². The number of carbonyl (C=O) groups is 2. The number of carbonyl (C=O) groups excluding carboxylic acids is 1. The maximum Gasteiger partial charge on any atom is 0.328 e. The summed E-state index contributed by atoms with van der Waals surface area (Å²) in [5.74, 6) is -1.26. The van der Waals surface area contributed by atoms with Crippen molar-refractivity contribution >= 4 is 34.5 Å². The van der Waals surface area contributed by atoms with Crippen LogP contribution in [0.2, 0.25) is 0 Å². The van der Waals surface area contributed by atoms with Gasteiger partial charge in [0.15, 0.2) is 0 Å². The summed E-state index contributed by atoms with van der Waals surface area (Å²) >= 11 is 1.83. The number of aryl methyl sites for hydroxylation is 1. The van der Waals surface area contributed by atoms with Crippen LogP contribution >= 0.6 is 22.6 Å². The second-order valence-electron chi connectivity index (χ2n) is 3.66. The van der Waals surface area contributed by atoms with Gasteiger partial charge in [-0.1, -0.05) is 0 Å². The van der Waals surface area contributed by atoms with Gasteiger partial charge in [-0.05, 0) is 29.5 Å². The Hall–Kier alpha value is -1.45. The number of amides is 1. The molecule has 0 saturated heterocycles. The number of hydrogen-bond acceptors (Lipinski definition) is 4. The molecule has 1 atom stereocenters. The fraction of sp³-hybridized carbons (Fsp3) is 0.400. The molecule has 18 heavy (non-hydrogen) atoms. The van der Waals surface area contributed by atoms with Gasteiger partial charge in [-0.15, -0.1) is 0 Å². The molecule has 1 unspecified atom stereocenters. The SMILES string of the molecule is CC(=O)NC(Cn1c(C)ncc(I)c1=O)C(=O)O. The molecule has 8 heteroatoms. The highest BCUT2D eigenvalue weighted by Gasteiger charge is 2.20. The zero-order valence-electron chi connectivity index (χ0n) is 9.81. The summed E-state index contributed by atoms with van der Waals surface area (Å²) in [6.07, 6.45) is 1.42. The van der Waals surface area contributed by atoms with E-state index in [-0.39, 0.29) is 12.1 Å². The van der Waals surface area contributed by atoms with Gasteiger partial charge in [-0.3, -0.25) is 14.2 Å². The minimum absolute atomic E-state index is 0.149. The molecule has 0 saturated carbocycles. The lowest BCUT2D eigenvalue weighted by Crippen LogP contribution is -2.45. The van der Waals surface area contributed by atoms with E-state index in [1.165, 1.54) is 17.7 Å². The van der Waals surface area contributed by atoms with E-state index in [2.05, 4.69) is 10.3 Å². The summed E-state index contributed by atoms with van der Waals surface area (Å²) in [6.45, 7) is 2.67. The molecule has 7 nitrogen and oxygen atoms in total. The molecule has 0 aliphatic heterocycles. The van der Waals surface area contributed by atoms with Crippen molar-refractivity contribution in [2.75, 3.05) is 0 Å². The van der Waals surface area contributed by atoms with Crippen LogP contribution in [0.15, 0.2) is 11.0 Å². The molecule has 2 N–H and O–H groups in total. The number of nitrogens with zero attached hydrogens (tertiary/aromatic N) is 2. The van der Waals surface area contributed by atoms with E-state index >= 15 is 0 Å². The average molecular weight is 365 g/mol. The molecule has 0 bridgehead atoms. The van der Waals surface area contributed by atoms with Crippen molar-refractivity contribution in [2.45, 2.75) is 26.4 Å². The Morgan fingerprint density at radius 2 is 2.22 bits per heavy atom. The predicted molar refractivity (Wildman–Crippen MR) is 71.2 cm³/mol. The summed E-state index contributed by atoms with van der Waals surface area (Å²) in [6, 6.07) is -1.15. The highest BCUT2D eigenvalue weighted by atomic mass is 127. The molecule has 98 valence electrons. The second kappa shape index (κ2) is 5.94. The molecule has 0 fully saturated rings.